The Bertz CT molecular complexity index is 570. The molecule has 2 aromatic rings. The SMILES string of the molecule is CCCB1c2ccccc2NC(C)N1c1ccccc1. The average molecular weight is 264 g/mol. The fraction of sp³-hybridized carbons (Fsp3) is 0.294. The highest BCUT2D eigenvalue weighted by molar-refractivity contribution is 6.78. The molecule has 2 nitrogen and oxygen atoms in total. The first-order chi connectivity index (χ1) is 9.81. The Morgan fingerprint density at radius 3 is 2.50 bits per heavy atom. The lowest BCUT2D eigenvalue weighted by Crippen LogP contribution is -2.59. The van der Waals surface area contributed by atoms with Gasteiger partial charge in [0.15, 0.2) is 0 Å². The molecule has 0 amide bonds. The van der Waals surface area contributed by atoms with Crippen molar-refractivity contribution in [3.8, 4) is 0 Å². The zero-order valence-electron chi connectivity index (χ0n) is 12.2. The summed E-state index contributed by atoms with van der Waals surface area (Å²) in [5.41, 5.74) is 3.99. The van der Waals surface area contributed by atoms with Crippen molar-refractivity contribution >= 4 is 23.7 Å². The highest BCUT2D eigenvalue weighted by atomic mass is 15.2. The van der Waals surface area contributed by atoms with E-state index in [0.29, 0.717) is 13.0 Å². The number of anilines is 2. The molecular formula is C17H21BN2. The minimum absolute atomic E-state index is 0.309. The molecule has 0 aliphatic carbocycles. The summed E-state index contributed by atoms with van der Waals surface area (Å²) in [7, 11) is 0. The Balaban J connectivity index is 2.05. The zero-order valence-corrected chi connectivity index (χ0v) is 12.2. The lowest BCUT2D eigenvalue weighted by atomic mass is 9.49. The number of fused-ring (bicyclic) bond motifs is 1. The van der Waals surface area contributed by atoms with E-state index >= 15 is 0 Å². The summed E-state index contributed by atoms with van der Waals surface area (Å²) >= 11 is 0. The van der Waals surface area contributed by atoms with Crippen LogP contribution in [0.3, 0.4) is 0 Å². The van der Waals surface area contributed by atoms with E-state index in [0.717, 1.165) is 0 Å². The number of nitrogens with one attached hydrogen (secondary N) is 1. The van der Waals surface area contributed by atoms with Gasteiger partial charge in [0.05, 0.1) is 6.17 Å². The number of para-hydroxylation sites is 2. The summed E-state index contributed by atoms with van der Waals surface area (Å²) in [5, 5.41) is 3.62. The van der Waals surface area contributed by atoms with Crippen molar-refractivity contribution in [2.75, 3.05) is 10.1 Å². The minimum atomic E-state index is 0.309. The third-order valence-corrected chi connectivity index (χ3v) is 4.05. The molecule has 1 N–H and O–H groups in total. The standard InChI is InChI=1S/C17H21BN2/c1-3-13-18-16-11-7-8-12-17(16)19-14(2)20(18)15-9-5-4-6-10-15/h4-12,14,19H,3,13H2,1-2H3. The lowest BCUT2D eigenvalue weighted by molar-refractivity contribution is 0.817. The van der Waals surface area contributed by atoms with Gasteiger partial charge >= 0.3 is 0 Å². The molecule has 20 heavy (non-hydrogen) atoms. The second-order valence-corrected chi connectivity index (χ2v) is 5.45. The molecule has 1 atom stereocenters. The van der Waals surface area contributed by atoms with E-state index in [1.54, 1.807) is 0 Å². The molecule has 1 unspecified atom stereocenters. The van der Waals surface area contributed by atoms with Crippen LogP contribution < -0.4 is 15.6 Å². The molecular weight excluding hydrogens is 243 g/mol. The fourth-order valence-electron chi connectivity index (χ4n) is 3.21. The van der Waals surface area contributed by atoms with Crippen molar-refractivity contribution in [3.63, 3.8) is 0 Å². The lowest BCUT2D eigenvalue weighted by Gasteiger charge is -2.43. The van der Waals surface area contributed by atoms with Crippen LogP contribution in [0.15, 0.2) is 54.6 Å². The van der Waals surface area contributed by atoms with Gasteiger partial charge in [0.25, 0.3) is 6.85 Å². The number of hydrogen-bond donors (Lipinski definition) is 1. The van der Waals surface area contributed by atoms with Crippen molar-refractivity contribution in [2.45, 2.75) is 32.8 Å². The monoisotopic (exact) mass is 264 g/mol. The molecule has 2 aromatic carbocycles. The molecule has 3 rings (SSSR count). The molecule has 1 heterocycles. The van der Waals surface area contributed by atoms with Gasteiger partial charge in [-0.1, -0.05) is 49.7 Å². The van der Waals surface area contributed by atoms with Crippen molar-refractivity contribution in [3.05, 3.63) is 54.6 Å². The first-order valence-electron chi connectivity index (χ1n) is 7.50. The normalized spacial score (nSPS) is 17.6. The van der Waals surface area contributed by atoms with E-state index in [4.69, 9.17) is 0 Å². The molecule has 0 saturated carbocycles. The van der Waals surface area contributed by atoms with Gasteiger partial charge in [0.1, 0.15) is 0 Å². The molecule has 0 fully saturated rings. The maximum atomic E-state index is 3.62. The Hall–Kier alpha value is -1.90. The van der Waals surface area contributed by atoms with Crippen LogP contribution in [0.4, 0.5) is 11.4 Å². The van der Waals surface area contributed by atoms with Gasteiger partial charge in [-0.2, -0.15) is 0 Å². The van der Waals surface area contributed by atoms with Crippen LogP contribution in [0, 0.1) is 0 Å². The predicted octanol–water partition coefficient (Wildman–Crippen LogP) is 3.57. The van der Waals surface area contributed by atoms with Gasteiger partial charge in [-0.3, -0.25) is 0 Å². The maximum absolute atomic E-state index is 3.62. The summed E-state index contributed by atoms with van der Waals surface area (Å²) in [6.45, 7) is 4.96. The van der Waals surface area contributed by atoms with Crippen LogP contribution in [0.5, 0.6) is 0 Å². The predicted molar refractivity (Wildman–Crippen MR) is 88.9 cm³/mol. The van der Waals surface area contributed by atoms with E-state index < -0.39 is 0 Å². The highest BCUT2D eigenvalue weighted by Gasteiger charge is 2.34. The van der Waals surface area contributed by atoms with E-state index in [9.17, 15) is 0 Å². The quantitative estimate of drug-likeness (QED) is 0.852. The number of nitrogens with zero attached hydrogens (tertiary/aromatic N) is 1. The van der Waals surface area contributed by atoms with Crippen LogP contribution in [0.1, 0.15) is 20.3 Å². The summed E-state index contributed by atoms with van der Waals surface area (Å²) in [6, 6.07) is 19.4. The third kappa shape index (κ3) is 2.28. The summed E-state index contributed by atoms with van der Waals surface area (Å²) < 4.78 is 0. The van der Waals surface area contributed by atoms with E-state index in [2.05, 4.69) is 78.6 Å². The Labute approximate surface area is 121 Å². The topological polar surface area (TPSA) is 15.3 Å². The van der Waals surface area contributed by atoms with E-state index in [1.807, 2.05) is 0 Å². The first-order valence-corrected chi connectivity index (χ1v) is 7.50. The van der Waals surface area contributed by atoms with Crippen molar-refractivity contribution in [1.29, 1.82) is 0 Å². The van der Waals surface area contributed by atoms with Gasteiger partial charge in [-0.25, -0.2) is 0 Å². The molecule has 102 valence electrons. The zero-order chi connectivity index (χ0) is 13.9. The van der Waals surface area contributed by atoms with Crippen molar-refractivity contribution in [1.82, 2.24) is 0 Å². The Morgan fingerprint density at radius 1 is 1.05 bits per heavy atom. The van der Waals surface area contributed by atoms with E-state index in [1.165, 1.54) is 29.6 Å². The van der Waals surface area contributed by atoms with Crippen LogP contribution in [0.2, 0.25) is 6.32 Å². The molecule has 1 aliphatic rings. The van der Waals surface area contributed by atoms with Gasteiger partial charge in [-0.15, -0.1) is 0 Å². The number of hydrogen-bond acceptors (Lipinski definition) is 2. The summed E-state index contributed by atoms with van der Waals surface area (Å²) in [5.74, 6) is 0. The average Bonchev–Trinajstić information content (AvgIpc) is 2.48. The van der Waals surface area contributed by atoms with Crippen molar-refractivity contribution in [2.24, 2.45) is 0 Å². The molecule has 0 radical (unpaired) electrons. The van der Waals surface area contributed by atoms with Crippen molar-refractivity contribution < 1.29 is 0 Å². The van der Waals surface area contributed by atoms with Gasteiger partial charge < -0.3 is 10.1 Å². The van der Waals surface area contributed by atoms with E-state index in [-0.39, 0.29) is 0 Å². The molecule has 0 spiro atoms. The molecule has 0 aromatic heterocycles. The van der Waals surface area contributed by atoms with Crippen LogP contribution >= 0.6 is 0 Å². The maximum Gasteiger partial charge on any atom is 0.292 e. The largest absolute Gasteiger partial charge is 0.392 e. The molecule has 0 bridgehead atoms. The van der Waals surface area contributed by atoms with Gasteiger partial charge in [-0.05, 0) is 36.9 Å². The van der Waals surface area contributed by atoms with Crippen LogP contribution in [-0.4, -0.2) is 13.0 Å². The Kier molecular flexibility index (Phi) is 3.68. The van der Waals surface area contributed by atoms with Crippen LogP contribution in [-0.2, 0) is 0 Å². The molecule has 1 aliphatic heterocycles. The van der Waals surface area contributed by atoms with Gasteiger partial charge in [0, 0.05) is 11.4 Å². The minimum Gasteiger partial charge on any atom is -0.392 e. The number of rotatable bonds is 3. The highest BCUT2D eigenvalue weighted by Crippen LogP contribution is 2.26. The molecule has 0 saturated heterocycles. The first kappa shape index (κ1) is 13.1. The summed E-state index contributed by atoms with van der Waals surface area (Å²) in [6.07, 6.45) is 2.68. The fourth-order valence-corrected chi connectivity index (χ4v) is 3.21. The second-order valence-electron chi connectivity index (χ2n) is 5.45. The molecule has 3 heteroatoms. The smallest absolute Gasteiger partial charge is 0.292 e. The third-order valence-electron chi connectivity index (χ3n) is 4.05. The van der Waals surface area contributed by atoms with Crippen LogP contribution in [0.25, 0.3) is 0 Å². The number of benzene rings is 2. The van der Waals surface area contributed by atoms with Gasteiger partial charge in [0.2, 0.25) is 0 Å². The summed E-state index contributed by atoms with van der Waals surface area (Å²) in [4.78, 5) is 2.51. The second kappa shape index (κ2) is 5.62. The Morgan fingerprint density at radius 2 is 1.75 bits per heavy atom.